The molecule has 0 aliphatic rings. The molecule has 21 heavy (non-hydrogen) atoms. The van der Waals surface area contributed by atoms with Gasteiger partial charge >= 0.3 is 0 Å². The van der Waals surface area contributed by atoms with Crippen LogP contribution in [0.1, 0.15) is 32.3 Å². The van der Waals surface area contributed by atoms with Crippen molar-refractivity contribution in [3.8, 4) is 5.75 Å². The normalized spacial score (nSPS) is 14.0. The number of benzene rings is 1. The monoisotopic (exact) mass is 357 g/mol. The van der Waals surface area contributed by atoms with Gasteiger partial charge in [-0.2, -0.15) is 0 Å². The molecule has 0 fully saturated rings. The third-order valence-electron chi connectivity index (χ3n) is 3.52. The van der Waals surface area contributed by atoms with Gasteiger partial charge in [-0.3, -0.25) is 0 Å². The van der Waals surface area contributed by atoms with Crippen LogP contribution in [-0.2, 0) is 11.2 Å². The summed E-state index contributed by atoms with van der Waals surface area (Å²) in [6, 6.07) is 6.80. The molecule has 0 aliphatic carbocycles. The molecule has 2 atom stereocenters. The van der Waals surface area contributed by atoms with E-state index in [1.165, 1.54) is 5.56 Å². The second kappa shape index (κ2) is 10.2. The molecule has 0 spiro atoms. The van der Waals surface area contributed by atoms with Crippen LogP contribution < -0.4 is 10.1 Å². The van der Waals surface area contributed by atoms with Crippen molar-refractivity contribution in [3.63, 3.8) is 0 Å². The van der Waals surface area contributed by atoms with Crippen molar-refractivity contribution in [2.45, 2.75) is 39.2 Å². The Labute approximate surface area is 137 Å². The Morgan fingerprint density at radius 3 is 2.62 bits per heavy atom. The van der Waals surface area contributed by atoms with Gasteiger partial charge in [0.25, 0.3) is 0 Å². The fourth-order valence-electron chi connectivity index (χ4n) is 2.55. The Morgan fingerprint density at radius 1 is 1.29 bits per heavy atom. The van der Waals surface area contributed by atoms with Gasteiger partial charge in [0, 0.05) is 19.8 Å². The van der Waals surface area contributed by atoms with Gasteiger partial charge in [0.1, 0.15) is 5.75 Å². The van der Waals surface area contributed by atoms with Crippen LogP contribution in [0.4, 0.5) is 0 Å². The van der Waals surface area contributed by atoms with Crippen LogP contribution in [0.25, 0.3) is 0 Å². The summed E-state index contributed by atoms with van der Waals surface area (Å²) < 4.78 is 11.6. The highest BCUT2D eigenvalue weighted by atomic mass is 79.9. The number of halogens is 1. The zero-order valence-corrected chi connectivity index (χ0v) is 15.2. The summed E-state index contributed by atoms with van der Waals surface area (Å²) in [7, 11) is 3.46. The average Bonchev–Trinajstić information content (AvgIpc) is 2.45. The molecule has 1 N–H and O–H groups in total. The first kappa shape index (κ1) is 18.5. The minimum absolute atomic E-state index is 0.482. The fraction of sp³-hybridized carbons (Fsp3) is 0.647. The molecule has 0 amide bonds. The summed E-state index contributed by atoms with van der Waals surface area (Å²) in [5.41, 5.74) is 1.32. The fourth-order valence-corrected chi connectivity index (χ4v) is 3.14. The lowest BCUT2D eigenvalue weighted by Gasteiger charge is -2.22. The Kier molecular flexibility index (Phi) is 8.97. The third kappa shape index (κ3) is 6.81. The number of nitrogens with one attached hydrogen (secondary N) is 1. The van der Waals surface area contributed by atoms with E-state index in [2.05, 4.69) is 47.2 Å². The number of rotatable bonds is 10. The maximum Gasteiger partial charge on any atom is 0.133 e. The van der Waals surface area contributed by atoms with Gasteiger partial charge in [-0.1, -0.05) is 19.9 Å². The van der Waals surface area contributed by atoms with E-state index in [0.717, 1.165) is 42.6 Å². The lowest BCUT2D eigenvalue weighted by atomic mass is 9.96. The highest BCUT2D eigenvalue weighted by molar-refractivity contribution is 9.10. The molecule has 3 nitrogen and oxygen atoms in total. The quantitative estimate of drug-likeness (QED) is 0.685. The topological polar surface area (TPSA) is 30.5 Å². The zero-order chi connectivity index (χ0) is 15.7. The largest absolute Gasteiger partial charge is 0.496 e. The molecule has 0 bridgehead atoms. The van der Waals surface area contributed by atoms with Crippen LogP contribution in [0.5, 0.6) is 5.75 Å². The van der Waals surface area contributed by atoms with E-state index >= 15 is 0 Å². The molecule has 0 saturated heterocycles. The Hall–Kier alpha value is -0.580. The minimum atomic E-state index is 0.482. The van der Waals surface area contributed by atoms with E-state index < -0.39 is 0 Å². The average molecular weight is 358 g/mol. The van der Waals surface area contributed by atoms with Crippen LogP contribution in [0, 0.1) is 5.92 Å². The number of methoxy groups -OCH3 is 2. The van der Waals surface area contributed by atoms with E-state index in [1.807, 2.05) is 6.07 Å². The van der Waals surface area contributed by atoms with E-state index in [9.17, 15) is 0 Å². The molecule has 1 aromatic carbocycles. The zero-order valence-electron chi connectivity index (χ0n) is 13.6. The summed E-state index contributed by atoms with van der Waals surface area (Å²) in [4.78, 5) is 0. The minimum Gasteiger partial charge on any atom is -0.496 e. The molecule has 0 radical (unpaired) electrons. The van der Waals surface area contributed by atoms with Crippen molar-refractivity contribution >= 4 is 15.9 Å². The van der Waals surface area contributed by atoms with Gasteiger partial charge in [-0.05, 0) is 65.4 Å². The first-order chi connectivity index (χ1) is 10.1. The lowest BCUT2D eigenvalue weighted by molar-refractivity contribution is 0.149. The van der Waals surface area contributed by atoms with Crippen LogP contribution in [-0.4, -0.2) is 33.4 Å². The lowest BCUT2D eigenvalue weighted by Crippen LogP contribution is -2.34. The standard InChI is InChI=1S/C17H28BrNO2/c1-5-8-19-15(9-13(2)12-20-3)10-14-6-7-17(21-4)16(18)11-14/h6-7,11,13,15,19H,5,8-10,12H2,1-4H3. The molecule has 0 heterocycles. The molecular weight excluding hydrogens is 330 g/mol. The van der Waals surface area contributed by atoms with Crippen molar-refractivity contribution in [1.29, 1.82) is 0 Å². The van der Waals surface area contributed by atoms with E-state index in [-0.39, 0.29) is 0 Å². The maximum absolute atomic E-state index is 5.29. The number of hydrogen-bond acceptors (Lipinski definition) is 3. The smallest absolute Gasteiger partial charge is 0.133 e. The molecule has 0 saturated carbocycles. The van der Waals surface area contributed by atoms with Crippen molar-refractivity contribution in [1.82, 2.24) is 5.32 Å². The molecular formula is C17H28BrNO2. The van der Waals surface area contributed by atoms with Crippen LogP contribution in [0.15, 0.2) is 22.7 Å². The molecule has 0 aromatic heterocycles. The van der Waals surface area contributed by atoms with Gasteiger partial charge in [-0.25, -0.2) is 0 Å². The Morgan fingerprint density at radius 2 is 2.05 bits per heavy atom. The molecule has 1 rings (SSSR count). The van der Waals surface area contributed by atoms with Crippen LogP contribution in [0.3, 0.4) is 0 Å². The predicted octanol–water partition coefficient (Wildman–Crippen LogP) is 4.04. The predicted molar refractivity (Wildman–Crippen MR) is 92.1 cm³/mol. The second-order valence-electron chi connectivity index (χ2n) is 5.62. The SMILES string of the molecule is CCCNC(Cc1ccc(OC)c(Br)c1)CC(C)COC. The third-order valence-corrected chi connectivity index (χ3v) is 4.14. The van der Waals surface area contributed by atoms with Gasteiger partial charge in [0.05, 0.1) is 11.6 Å². The Bertz CT molecular complexity index is 412. The van der Waals surface area contributed by atoms with E-state index in [4.69, 9.17) is 9.47 Å². The van der Waals surface area contributed by atoms with Crippen LogP contribution in [0.2, 0.25) is 0 Å². The Balaban J connectivity index is 2.68. The van der Waals surface area contributed by atoms with Gasteiger partial charge in [0.2, 0.25) is 0 Å². The second-order valence-corrected chi connectivity index (χ2v) is 6.47. The van der Waals surface area contributed by atoms with Gasteiger partial charge in [0.15, 0.2) is 0 Å². The van der Waals surface area contributed by atoms with E-state index in [1.54, 1.807) is 14.2 Å². The first-order valence-electron chi connectivity index (χ1n) is 7.65. The first-order valence-corrected chi connectivity index (χ1v) is 8.44. The maximum atomic E-state index is 5.29. The van der Waals surface area contributed by atoms with Crippen molar-refractivity contribution in [2.24, 2.45) is 5.92 Å². The van der Waals surface area contributed by atoms with Crippen molar-refractivity contribution in [2.75, 3.05) is 27.4 Å². The molecule has 1 aromatic rings. The van der Waals surface area contributed by atoms with Crippen LogP contribution >= 0.6 is 15.9 Å². The highest BCUT2D eigenvalue weighted by Crippen LogP contribution is 2.26. The summed E-state index contributed by atoms with van der Waals surface area (Å²) in [6.45, 7) is 6.32. The van der Waals surface area contributed by atoms with Crippen molar-refractivity contribution < 1.29 is 9.47 Å². The molecule has 2 unspecified atom stereocenters. The van der Waals surface area contributed by atoms with Gasteiger partial charge < -0.3 is 14.8 Å². The van der Waals surface area contributed by atoms with E-state index in [0.29, 0.717) is 12.0 Å². The highest BCUT2D eigenvalue weighted by Gasteiger charge is 2.14. The summed E-state index contributed by atoms with van der Waals surface area (Å²) in [5.74, 6) is 1.44. The number of hydrogen-bond donors (Lipinski definition) is 1. The summed E-state index contributed by atoms with van der Waals surface area (Å²) in [5, 5.41) is 3.65. The number of ether oxygens (including phenoxy) is 2. The van der Waals surface area contributed by atoms with Crippen molar-refractivity contribution in [3.05, 3.63) is 28.2 Å². The molecule has 120 valence electrons. The molecule has 4 heteroatoms. The molecule has 0 aliphatic heterocycles. The summed E-state index contributed by atoms with van der Waals surface area (Å²) in [6.07, 6.45) is 3.30. The summed E-state index contributed by atoms with van der Waals surface area (Å²) >= 11 is 3.56. The van der Waals surface area contributed by atoms with Gasteiger partial charge in [-0.15, -0.1) is 0 Å².